The van der Waals surface area contributed by atoms with Crippen LogP contribution >= 0.6 is 7.26 Å². The van der Waals surface area contributed by atoms with Crippen LogP contribution in [0.4, 0.5) is 0 Å². The van der Waals surface area contributed by atoms with Crippen LogP contribution in [0.25, 0.3) is 0 Å². The number of rotatable bonds is 15. The minimum absolute atomic E-state index is 0.912. The predicted molar refractivity (Wildman–Crippen MR) is 143 cm³/mol. The van der Waals surface area contributed by atoms with Gasteiger partial charge in [-0.15, -0.1) is 0 Å². The average Bonchev–Trinajstić information content (AvgIpc) is 2.87. The van der Waals surface area contributed by atoms with E-state index < -0.39 is 7.26 Å². The first-order valence-electron chi connectivity index (χ1n) is 12.4. The summed E-state index contributed by atoms with van der Waals surface area (Å²) >= 11 is 0. The molecule has 0 heterocycles. The molecule has 3 aromatic carbocycles. The van der Waals surface area contributed by atoms with E-state index in [2.05, 4.69) is 91.0 Å². The number of hydrogen-bond donors (Lipinski definition) is 0. The standard InChI is InChI=1S/C30H40OP/c1-31-26-18-7-5-3-2-4-6-8-19-27-32(28-20-12-9-13-21-28,29-22-14-10-15-23-29)30-24-16-11-17-25-30/h9-17,20-25H,2-8,18-19,26-27H2,1H3/q+1. The third-order valence-electron chi connectivity index (χ3n) is 6.43. The number of methoxy groups -OCH3 is 1. The Bertz CT molecular complexity index is 751. The second-order valence-corrected chi connectivity index (χ2v) is 12.3. The van der Waals surface area contributed by atoms with Crippen molar-refractivity contribution in [1.82, 2.24) is 0 Å². The van der Waals surface area contributed by atoms with Crippen LogP contribution in [0.2, 0.25) is 0 Å². The highest BCUT2D eigenvalue weighted by molar-refractivity contribution is 7.95. The molecule has 1 nitrogen and oxygen atoms in total. The smallest absolute Gasteiger partial charge is 0.112 e. The van der Waals surface area contributed by atoms with Gasteiger partial charge in [0, 0.05) is 13.7 Å². The summed E-state index contributed by atoms with van der Waals surface area (Å²) in [4.78, 5) is 0. The predicted octanol–water partition coefficient (Wildman–Crippen LogP) is 7.14. The largest absolute Gasteiger partial charge is 0.385 e. The zero-order valence-electron chi connectivity index (χ0n) is 19.8. The lowest BCUT2D eigenvalue weighted by molar-refractivity contribution is 0.192. The summed E-state index contributed by atoms with van der Waals surface area (Å²) in [6.45, 7) is 0.912. The van der Waals surface area contributed by atoms with E-state index in [4.69, 9.17) is 4.74 Å². The lowest BCUT2D eigenvalue weighted by Crippen LogP contribution is -2.33. The van der Waals surface area contributed by atoms with Gasteiger partial charge in [0.05, 0.1) is 6.16 Å². The zero-order valence-corrected chi connectivity index (χ0v) is 20.7. The van der Waals surface area contributed by atoms with Gasteiger partial charge >= 0.3 is 0 Å². The number of unbranched alkanes of at least 4 members (excludes halogenated alkanes) is 8. The molecule has 0 N–H and O–H groups in total. The summed E-state index contributed by atoms with van der Waals surface area (Å²) < 4.78 is 5.14. The van der Waals surface area contributed by atoms with Crippen LogP contribution in [0, 0.1) is 0 Å². The molecule has 0 aliphatic carbocycles. The van der Waals surface area contributed by atoms with Crippen molar-refractivity contribution in [3.8, 4) is 0 Å². The third-order valence-corrected chi connectivity index (χ3v) is 11.0. The lowest BCUT2D eigenvalue weighted by atomic mass is 10.1. The molecule has 0 saturated carbocycles. The maximum Gasteiger partial charge on any atom is 0.112 e. The van der Waals surface area contributed by atoms with Crippen LogP contribution in [0.3, 0.4) is 0 Å². The van der Waals surface area contributed by atoms with Crippen LogP contribution in [-0.2, 0) is 4.74 Å². The molecular weight excluding hydrogens is 407 g/mol. The fourth-order valence-corrected chi connectivity index (χ4v) is 9.12. The first-order chi connectivity index (χ1) is 15.9. The summed E-state index contributed by atoms with van der Waals surface area (Å²) in [5.74, 6) is 0. The van der Waals surface area contributed by atoms with E-state index in [0.717, 1.165) is 6.61 Å². The van der Waals surface area contributed by atoms with Crippen molar-refractivity contribution in [3.63, 3.8) is 0 Å². The average molecular weight is 448 g/mol. The third kappa shape index (κ3) is 7.03. The van der Waals surface area contributed by atoms with E-state index >= 15 is 0 Å². The van der Waals surface area contributed by atoms with Gasteiger partial charge in [-0.1, -0.05) is 93.1 Å². The normalized spacial score (nSPS) is 11.5. The van der Waals surface area contributed by atoms with E-state index in [1.807, 2.05) is 0 Å². The molecule has 0 atom stereocenters. The Kier molecular flexibility index (Phi) is 11.0. The second kappa shape index (κ2) is 14.2. The zero-order chi connectivity index (χ0) is 22.3. The Morgan fingerprint density at radius 3 is 1.19 bits per heavy atom. The molecule has 0 aliphatic heterocycles. The molecule has 0 amide bonds. The van der Waals surface area contributed by atoms with Crippen molar-refractivity contribution in [2.75, 3.05) is 19.9 Å². The minimum atomic E-state index is -1.64. The first-order valence-corrected chi connectivity index (χ1v) is 14.4. The van der Waals surface area contributed by atoms with Gasteiger partial charge in [0.1, 0.15) is 23.2 Å². The Labute approximate surface area is 196 Å². The molecule has 170 valence electrons. The van der Waals surface area contributed by atoms with Gasteiger partial charge in [0.15, 0.2) is 0 Å². The lowest BCUT2D eigenvalue weighted by Gasteiger charge is -2.27. The van der Waals surface area contributed by atoms with Crippen LogP contribution < -0.4 is 15.9 Å². The first kappa shape index (κ1) is 24.7. The SMILES string of the molecule is COCCCCCCCCCCC[P+](c1ccccc1)(c1ccccc1)c1ccccc1. The minimum Gasteiger partial charge on any atom is -0.385 e. The Morgan fingerprint density at radius 1 is 0.469 bits per heavy atom. The van der Waals surface area contributed by atoms with Crippen molar-refractivity contribution in [3.05, 3.63) is 91.0 Å². The molecule has 2 heteroatoms. The van der Waals surface area contributed by atoms with Crippen molar-refractivity contribution in [1.29, 1.82) is 0 Å². The number of benzene rings is 3. The number of ether oxygens (including phenoxy) is 1. The summed E-state index contributed by atoms with van der Waals surface area (Å²) in [5, 5.41) is 4.52. The number of hydrogen-bond acceptors (Lipinski definition) is 1. The molecule has 0 saturated heterocycles. The van der Waals surface area contributed by atoms with Crippen molar-refractivity contribution in [2.45, 2.75) is 57.8 Å². The molecule has 3 aromatic rings. The highest BCUT2D eigenvalue weighted by Gasteiger charge is 2.44. The van der Waals surface area contributed by atoms with Crippen LogP contribution in [0.15, 0.2) is 91.0 Å². The van der Waals surface area contributed by atoms with Crippen LogP contribution in [0.5, 0.6) is 0 Å². The van der Waals surface area contributed by atoms with Gasteiger partial charge in [-0.3, -0.25) is 0 Å². The maximum atomic E-state index is 5.14. The van der Waals surface area contributed by atoms with Crippen molar-refractivity contribution < 1.29 is 4.74 Å². The topological polar surface area (TPSA) is 9.23 Å². The van der Waals surface area contributed by atoms with Gasteiger partial charge in [0.2, 0.25) is 0 Å². The summed E-state index contributed by atoms with van der Waals surface area (Å²) in [6.07, 6.45) is 13.2. The van der Waals surface area contributed by atoms with E-state index in [9.17, 15) is 0 Å². The molecule has 0 radical (unpaired) electrons. The fraction of sp³-hybridized carbons (Fsp3) is 0.400. The molecular formula is C30H40OP+. The fourth-order valence-electron chi connectivity index (χ4n) is 4.71. The Hall–Kier alpha value is -1.95. The molecule has 0 aliphatic rings. The van der Waals surface area contributed by atoms with Gasteiger partial charge in [0.25, 0.3) is 0 Å². The van der Waals surface area contributed by atoms with Gasteiger partial charge in [-0.25, -0.2) is 0 Å². The molecule has 0 unspecified atom stereocenters. The molecule has 32 heavy (non-hydrogen) atoms. The van der Waals surface area contributed by atoms with E-state index in [1.54, 1.807) is 7.11 Å². The highest BCUT2D eigenvalue weighted by atomic mass is 31.2. The Balaban J connectivity index is 1.64. The molecule has 0 bridgehead atoms. The molecule has 0 aromatic heterocycles. The van der Waals surface area contributed by atoms with Gasteiger partial charge in [-0.2, -0.15) is 0 Å². The highest BCUT2D eigenvalue weighted by Crippen LogP contribution is 2.55. The van der Waals surface area contributed by atoms with Crippen LogP contribution in [0.1, 0.15) is 57.8 Å². The molecule has 0 spiro atoms. The maximum absolute atomic E-state index is 5.14. The molecule has 0 fully saturated rings. The second-order valence-electron chi connectivity index (χ2n) is 8.71. The van der Waals surface area contributed by atoms with Crippen molar-refractivity contribution in [2.24, 2.45) is 0 Å². The monoisotopic (exact) mass is 447 g/mol. The van der Waals surface area contributed by atoms with Gasteiger partial charge < -0.3 is 4.74 Å². The molecule has 3 rings (SSSR count). The summed E-state index contributed by atoms with van der Waals surface area (Å²) in [6, 6.07) is 33.8. The summed E-state index contributed by atoms with van der Waals surface area (Å²) in [7, 11) is 0.154. The van der Waals surface area contributed by atoms with E-state index in [1.165, 1.54) is 79.9 Å². The van der Waals surface area contributed by atoms with Crippen LogP contribution in [-0.4, -0.2) is 19.9 Å². The van der Waals surface area contributed by atoms with Crippen molar-refractivity contribution >= 4 is 23.2 Å². The summed E-state index contributed by atoms with van der Waals surface area (Å²) in [5.41, 5.74) is 0. The van der Waals surface area contributed by atoms with E-state index in [0.29, 0.717) is 0 Å². The Morgan fingerprint density at radius 2 is 0.812 bits per heavy atom. The quantitative estimate of drug-likeness (QED) is 0.178. The van der Waals surface area contributed by atoms with E-state index in [-0.39, 0.29) is 0 Å². The van der Waals surface area contributed by atoms with Gasteiger partial charge in [-0.05, 0) is 55.7 Å².